The number of H-pyrrole nitrogens is 1. The minimum absolute atomic E-state index is 0.0777. The molecule has 134 valence electrons. The van der Waals surface area contributed by atoms with Crippen molar-refractivity contribution in [2.45, 2.75) is 19.6 Å². The van der Waals surface area contributed by atoms with Crippen molar-refractivity contribution in [2.75, 3.05) is 6.54 Å². The number of imidazole rings is 1. The number of nitrogens with one attached hydrogen (secondary N) is 1. The van der Waals surface area contributed by atoms with Gasteiger partial charge in [0.2, 0.25) is 0 Å². The molecule has 26 heavy (non-hydrogen) atoms. The summed E-state index contributed by atoms with van der Waals surface area (Å²) < 4.78 is 7.53. The minimum Gasteiger partial charge on any atom is -0.487 e. The largest absolute Gasteiger partial charge is 0.487 e. The molecule has 0 fully saturated rings. The second-order valence-electron chi connectivity index (χ2n) is 6.21. The third kappa shape index (κ3) is 3.17. The zero-order valence-electron chi connectivity index (χ0n) is 14.3. The molecule has 0 saturated heterocycles. The number of amides is 1. The molecule has 3 heterocycles. The summed E-state index contributed by atoms with van der Waals surface area (Å²) in [4.78, 5) is 18.7. The van der Waals surface area contributed by atoms with E-state index in [9.17, 15) is 4.79 Å². The molecular formula is C18H18ClN5O2. The van der Waals surface area contributed by atoms with E-state index in [4.69, 9.17) is 16.3 Å². The van der Waals surface area contributed by atoms with Crippen LogP contribution in [0.5, 0.6) is 5.75 Å². The van der Waals surface area contributed by atoms with E-state index in [0.29, 0.717) is 36.3 Å². The molecule has 4 rings (SSSR count). The van der Waals surface area contributed by atoms with E-state index >= 15 is 0 Å². The zero-order chi connectivity index (χ0) is 18.1. The molecular weight excluding hydrogens is 354 g/mol. The van der Waals surface area contributed by atoms with Crippen molar-refractivity contribution in [1.82, 2.24) is 24.6 Å². The second kappa shape index (κ2) is 6.84. The van der Waals surface area contributed by atoms with Crippen LogP contribution in [0.15, 0.2) is 36.7 Å². The highest BCUT2D eigenvalue weighted by Crippen LogP contribution is 2.24. The van der Waals surface area contributed by atoms with Gasteiger partial charge in [-0.3, -0.25) is 9.89 Å². The molecule has 0 radical (unpaired) electrons. The molecule has 1 amide bonds. The zero-order valence-corrected chi connectivity index (χ0v) is 15.0. The summed E-state index contributed by atoms with van der Waals surface area (Å²) in [6.45, 7) is 1.44. The number of carbonyl (C=O) groups is 1. The molecule has 0 aliphatic carbocycles. The number of hydrogen-bond donors (Lipinski definition) is 1. The molecule has 1 aliphatic rings. The van der Waals surface area contributed by atoms with Gasteiger partial charge in [-0.1, -0.05) is 17.7 Å². The first-order chi connectivity index (χ1) is 12.6. The molecule has 7 nitrogen and oxygen atoms in total. The van der Waals surface area contributed by atoms with Crippen LogP contribution < -0.4 is 4.74 Å². The highest BCUT2D eigenvalue weighted by atomic mass is 35.5. The minimum atomic E-state index is -0.0777. The van der Waals surface area contributed by atoms with Crippen LogP contribution in [-0.2, 0) is 26.6 Å². The van der Waals surface area contributed by atoms with Gasteiger partial charge in [-0.15, -0.1) is 0 Å². The quantitative estimate of drug-likeness (QED) is 0.764. The molecule has 8 heteroatoms. The molecule has 1 aliphatic heterocycles. The summed E-state index contributed by atoms with van der Waals surface area (Å²) in [5, 5.41) is 8.06. The number of carbonyl (C=O) groups excluding carboxylic acids is 1. The van der Waals surface area contributed by atoms with Gasteiger partial charge in [0.25, 0.3) is 5.91 Å². The Balaban J connectivity index is 1.49. The second-order valence-corrected chi connectivity index (χ2v) is 6.65. The van der Waals surface area contributed by atoms with Crippen LogP contribution in [0, 0.1) is 0 Å². The van der Waals surface area contributed by atoms with Crippen molar-refractivity contribution in [1.29, 1.82) is 0 Å². The lowest BCUT2D eigenvalue weighted by molar-refractivity contribution is 0.0717. The van der Waals surface area contributed by atoms with E-state index in [-0.39, 0.29) is 5.91 Å². The lowest BCUT2D eigenvalue weighted by Crippen LogP contribution is -2.37. The van der Waals surface area contributed by atoms with Gasteiger partial charge in [0.05, 0.1) is 0 Å². The number of aromatic amines is 1. The number of hydrogen-bond acceptors (Lipinski definition) is 4. The predicted molar refractivity (Wildman–Crippen MR) is 96.0 cm³/mol. The molecule has 1 N–H and O–H groups in total. The van der Waals surface area contributed by atoms with Crippen molar-refractivity contribution in [3.8, 4) is 5.75 Å². The predicted octanol–water partition coefficient (Wildman–Crippen LogP) is 2.57. The molecule has 0 spiro atoms. The van der Waals surface area contributed by atoms with E-state index in [2.05, 4.69) is 15.2 Å². The van der Waals surface area contributed by atoms with Crippen LogP contribution in [0.2, 0.25) is 5.02 Å². The summed E-state index contributed by atoms with van der Waals surface area (Å²) in [7, 11) is 1.82. The first-order valence-corrected chi connectivity index (χ1v) is 8.69. The van der Waals surface area contributed by atoms with Gasteiger partial charge in [-0.2, -0.15) is 5.10 Å². The number of ether oxygens (including phenoxy) is 1. The van der Waals surface area contributed by atoms with Crippen LogP contribution in [-0.4, -0.2) is 37.1 Å². The van der Waals surface area contributed by atoms with Crippen molar-refractivity contribution in [2.24, 2.45) is 7.05 Å². The van der Waals surface area contributed by atoms with Crippen molar-refractivity contribution in [3.63, 3.8) is 0 Å². The maximum absolute atomic E-state index is 12.7. The maximum Gasteiger partial charge on any atom is 0.290 e. The Labute approximate surface area is 155 Å². The Bertz CT molecular complexity index is 949. The smallest absolute Gasteiger partial charge is 0.290 e. The van der Waals surface area contributed by atoms with Crippen LogP contribution >= 0.6 is 11.6 Å². The lowest BCUT2D eigenvalue weighted by Gasteiger charge is -2.26. The first-order valence-electron chi connectivity index (χ1n) is 8.32. The molecule has 0 bridgehead atoms. The first kappa shape index (κ1) is 16.7. The highest BCUT2D eigenvalue weighted by molar-refractivity contribution is 6.30. The number of aryl methyl sites for hydroxylation is 1. The van der Waals surface area contributed by atoms with Gasteiger partial charge in [-0.25, -0.2) is 4.98 Å². The third-order valence-electron chi connectivity index (χ3n) is 4.49. The Morgan fingerprint density at radius 1 is 1.42 bits per heavy atom. The molecule has 2 aromatic heterocycles. The molecule has 0 unspecified atom stereocenters. The van der Waals surface area contributed by atoms with Gasteiger partial charge < -0.3 is 14.2 Å². The van der Waals surface area contributed by atoms with Gasteiger partial charge >= 0.3 is 0 Å². The van der Waals surface area contributed by atoms with Gasteiger partial charge in [0.15, 0.2) is 5.82 Å². The highest BCUT2D eigenvalue weighted by Gasteiger charge is 2.27. The number of benzene rings is 1. The Hall–Kier alpha value is -2.80. The number of rotatable bonds is 4. The molecule has 0 atom stereocenters. The average molecular weight is 372 g/mol. The maximum atomic E-state index is 12.7. The van der Waals surface area contributed by atoms with E-state index in [1.165, 1.54) is 0 Å². The average Bonchev–Trinajstić information content (AvgIpc) is 3.25. The standard InChI is InChI=1S/C18H18ClN5O2/c1-23-8-6-20-17(23)18(25)24-7-5-15-14(10-24)16(22-21-15)11-26-13-4-2-3-12(19)9-13/h2-4,6,8-9H,5,7,10-11H2,1H3,(H,21,22). The van der Waals surface area contributed by atoms with E-state index in [0.717, 1.165) is 23.4 Å². The SMILES string of the molecule is Cn1ccnc1C(=O)N1CCc2[nH]nc(COc3cccc(Cl)c3)c2C1. The Morgan fingerprint density at radius 2 is 2.31 bits per heavy atom. The fourth-order valence-corrected chi connectivity index (χ4v) is 3.25. The normalized spacial score (nSPS) is 13.5. The summed E-state index contributed by atoms with van der Waals surface area (Å²) in [6, 6.07) is 7.25. The molecule has 3 aromatic rings. The van der Waals surface area contributed by atoms with Crippen molar-refractivity contribution < 1.29 is 9.53 Å². The van der Waals surface area contributed by atoms with Crippen LogP contribution in [0.1, 0.15) is 27.6 Å². The number of aromatic nitrogens is 4. The number of halogens is 1. The van der Waals surface area contributed by atoms with Gasteiger partial charge in [0.1, 0.15) is 18.1 Å². The van der Waals surface area contributed by atoms with E-state index < -0.39 is 0 Å². The topological polar surface area (TPSA) is 76.0 Å². The number of nitrogens with zero attached hydrogens (tertiary/aromatic N) is 4. The third-order valence-corrected chi connectivity index (χ3v) is 4.73. The van der Waals surface area contributed by atoms with E-state index in [1.807, 2.05) is 19.2 Å². The van der Waals surface area contributed by atoms with Crippen molar-refractivity contribution >= 4 is 17.5 Å². The number of fused-ring (bicyclic) bond motifs is 1. The van der Waals surface area contributed by atoms with Gasteiger partial charge in [-0.05, 0) is 18.2 Å². The lowest BCUT2D eigenvalue weighted by atomic mass is 10.1. The summed E-state index contributed by atoms with van der Waals surface area (Å²) in [6.07, 6.45) is 4.13. The summed E-state index contributed by atoms with van der Waals surface area (Å²) in [5.41, 5.74) is 2.87. The monoisotopic (exact) mass is 371 g/mol. The van der Waals surface area contributed by atoms with E-state index in [1.54, 1.807) is 34.0 Å². The van der Waals surface area contributed by atoms with Crippen LogP contribution in [0.3, 0.4) is 0 Å². The fourth-order valence-electron chi connectivity index (χ4n) is 3.07. The summed E-state index contributed by atoms with van der Waals surface area (Å²) >= 11 is 5.98. The summed E-state index contributed by atoms with van der Waals surface area (Å²) in [5.74, 6) is 1.05. The molecule has 1 aromatic carbocycles. The van der Waals surface area contributed by atoms with Gasteiger partial charge in [0, 0.05) is 55.2 Å². The van der Waals surface area contributed by atoms with Crippen molar-refractivity contribution in [3.05, 3.63) is 64.5 Å². The van der Waals surface area contributed by atoms with Crippen LogP contribution in [0.25, 0.3) is 0 Å². The van der Waals surface area contributed by atoms with Crippen LogP contribution in [0.4, 0.5) is 0 Å². The Kier molecular flexibility index (Phi) is 4.38. The Morgan fingerprint density at radius 3 is 3.08 bits per heavy atom. The fraction of sp³-hybridized carbons (Fsp3) is 0.278. The molecule has 0 saturated carbocycles.